The van der Waals surface area contributed by atoms with Gasteiger partial charge in [-0.2, -0.15) is 0 Å². The lowest BCUT2D eigenvalue weighted by Gasteiger charge is -2.15. The molecule has 128 valence electrons. The summed E-state index contributed by atoms with van der Waals surface area (Å²) in [5.74, 6) is 1.50. The molecule has 6 heteroatoms. The van der Waals surface area contributed by atoms with Crippen molar-refractivity contribution in [2.24, 2.45) is 4.99 Å². The van der Waals surface area contributed by atoms with Gasteiger partial charge >= 0.3 is 0 Å². The average Bonchev–Trinajstić information content (AvgIpc) is 3.04. The first kappa shape index (κ1) is 19.7. The lowest BCUT2D eigenvalue weighted by Crippen LogP contribution is -2.37. The highest BCUT2D eigenvalue weighted by atomic mass is 127. The largest absolute Gasteiger partial charge is 0.474 e. The first-order valence-electron chi connectivity index (χ1n) is 8.07. The van der Waals surface area contributed by atoms with E-state index in [0.717, 1.165) is 36.8 Å². The van der Waals surface area contributed by atoms with E-state index in [-0.39, 0.29) is 24.0 Å². The summed E-state index contributed by atoms with van der Waals surface area (Å²) in [6.45, 7) is 7.80. The molecule has 0 saturated heterocycles. The summed E-state index contributed by atoms with van der Waals surface area (Å²) < 4.78 is 6.04. The van der Waals surface area contributed by atoms with Crippen LogP contribution in [0.25, 0.3) is 0 Å². The third kappa shape index (κ3) is 6.76. The smallest absolute Gasteiger partial charge is 0.218 e. The van der Waals surface area contributed by atoms with Gasteiger partial charge < -0.3 is 15.4 Å². The predicted octanol–water partition coefficient (Wildman–Crippen LogP) is 3.26. The first-order chi connectivity index (χ1) is 10.8. The molecule has 1 heterocycles. The van der Waals surface area contributed by atoms with Crippen molar-refractivity contribution in [3.63, 3.8) is 0 Å². The fourth-order valence-corrected chi connectivity index (χ4v) is 2.49. The number of halogens is 1. The molecular weight excluding hydrogens is 403 g/mol. The van der Waals surface area contributed by atoms with Gasteiger partial charge in [-0.1, -0.05) is 12.1 Å². The van der Waals surface area contributed by atoms with Crippen LogP contribution in [0.15, 0.2) is 36.0 Å². The summed E-state index contributed by atoms with van der Waals surface area (Å²) in [5.41, 5.74) is 1.02. The summed E-state index contributed by atoms with van der Waals surface area (Å²) in [4.78, 5) is 8.96. The SMILES string of the molecule is C=CCNC(=NCc1cccnc1OC1CCCC1)NCC.I. The fourth-order valence-electron chi connectivity index (χ4n) is 2.49. The Bertz CT molecular complexity index is 501. The highest BCUT2D eigenvalue weighted by Crippen LogP contribution is 2.25. The molecule has 0 unspecified atom stereocenters. The Kier molecular flexibility index (Phi) is 9.66. The molecule has 1 fully saturated rings. The van der Waals surface area contributed by atoms with Gasteiger partial charge in [0.15, 0.2) is 5.96 Å². The lowest BCUT2D eigenvalue weighted by molar-refractivity contribution is 0.199. The average molecular weight is 430 g/mol. The summed E-state index contributed by atoms with van der Waals surface area (Å²) in [7, 11) is 0. The van der Waals surface area contributed by atoms with Crippen LogP contribution in [0, 0.1) is 0 Å². The van der Waals surface area contributed by atoms with Crippen molar-refractivity contribution in [3.05, 3.63) is 36.5 Å². The van der Waals surface area contributed by atoms with Crippen molar-refractivity contribution < 1.29 is 4.74 Å². The van der Waals surface area contributed by atoms with Crippen LogP contribution in [0.4, 0.5) is 0 Å². The van der Waals surface area contributed by atoms with E-state index in [1.54, 1.807) is 6.20 Å². The quantitative estimate of drug-likeness (QED) is 0.302. The van der Waals surface area contributed by atoms with Crippen molar-refractivity contribution >= 4 is 29.9 Å². The Hall–Kier alpha value is -1.31. The molecule has 1 aliphatic rings. The molecule has 23 heavy (non-hydrogen) atoms. The number of ether oxygens (including phenoxy) is 1. The normalized spacial score (nSPS) is 14.9. The Balaban J connectivity index is 0.00000264. The van der Waals surface area contributed by atoms with E-state index in [1.807, 2.05) is 25.1 Å². The Morgan fingerprint density at radius 1 is 1.43 bits per heavy atom. The van der Waals surface area contributed by atoms with Crippen LogP contribution in [0.2, 0.25) is 0 Å². The zero-order valence-electron chi connectivity index (χ0n) is 13.8. The Morgan fingerprint density at radius 3 is 2.91 bits per heavy atom. The number of nitrogens with one attached hydrogen (secondary N) is 2. The Morgan fingerprint density at radius 2 is 2.22 bits per heavy atom. The minimum absolute atomic E-state index is 0. The molecule has 2 rings (SSSR count). The molecule has 0 radical (unpaired) electrons. The molecule has 2 N–H and O–H groups in total. The maximum atomic E-state index is 6.04. The summed E-state index contributed by atoms with van der Waals surface area (Å²) in [6, 6.07) is 3.95. The number of nitrogens with zero attached hydrogens (tertiary/aromatic N) is 2. The van der Waals surface area contributed by atoms with Gasteiger partial charge in [0, 0.05) is 24.8 Å². The number of hydrogen-bond donors (Lipinski definition) is 2. The second-order valence-electron chi connectivity index (χ2n) is 5.36. The van der Waals surface area contributed by atoms with E-state index in [9.17, 15) is 0 Å². The zero-order chi connectivity index (χ0) is 15.6. The number of aromatic nitrogens is 1. The minimum atomic E-state index is 0. The van der Waals surface area contributed by atoms with Gasteiger partial charge in [0.1, 0.15) is 6.10 Å². The second-order valence-corrected chi connectivity index (χ2v) is 5.36. The molecule has 0 spiro atoms. The molecule has 0 amide bonds. The number of aliphatic imine (C=N–C) groups is 1. The van der Waals surface area contributed by atoms with E-state index in [0.29, 0.717) is 19.2 Å². The summed E-state index contributed by atoms with van der Waals surface area (Å²) in [6.07, 6.45) is 8.66. The maximum absolute atomic E-state index is 6.04. The van der Waals surface area contributed by atoms with E-state index < -0.39 is 0 Å². The highest BCUT2D eigenvalue weighted by molar-refractivity contribution is 14.0. The van der Waals surface area contributed by atoms with Crippen molar-refractivity contribution in [1.29, 1.82) is 0 Å². The number of pyridine rings is 1. The van der Waals surface area contributed by atoms with Crippen molar-refractivity contribution in [3.8, 4) is 5.88 Å². The van der Waals surface area contributed by atoms with Crippen molar-refractivity contribution in [2.75, 3.05) is 13.1 Å². The summed E-state index contributed by atoms with van der Waals surface area (Å²) in [5, 5.41) is 6.40. The van der Waals surface area contributed by atoms with Gasteiger partial charge in [-0.3, -0.25) is 0 Å². The zero-order valence-corrected chi connectivity index (χ0v) is 16.1. The number of rotatable bonds is 7. The van der Waals surface area contributed by atoms with E-state index in [1.165, 1.54) is 12.8 Å². The first-order valence-corrected chi connectivity index (χ1v) is 8.07. The highest BCUT2D eigenvalue weighted by Gasteiger charge is 2.18. The molecular formula is C17H27IN4O. The third-order valence-electron chi connectivity index (χ3n) is 3.60. The van der Waals surface area contributed by atoms with Gasteiger partial charge in [-0.15, -0.1) is 30.6 Å². The van der Waals surface area contributed by atoms with Gasteiger partial charge in [0.2, 0.25) is 5.88 Å². The molecule has 1 aromatic heterocycles. The van der Waals surface area contributed by atoms with Gasteiger partial charge in [-0.05, 0) is 38.7 Å². The molecule has 5 nitrogen and oxygen atoms in total. The van der Waals surface area contributed by atoms with Gasteiger partial charge in [-0.25, -0.2) is 9.98 Å². The minimum Gasteiger partial charge on any atom is -0.474 e. The molecule has 0 bridgehead atoms. The van der Waals surface area contributed by atoms with Crippen LogP contribution >= 0.6 is 24.0 Å². The van der Waals surface area contributed by atoms with Crippen LogP contribution in [-0.2, 0) is 6.54 Å². The molecule has 0 aliphatic heterocycles. The van der Waals surface area contributed by atoms with Crippen LogP contribution < -0.4 is 15.4 Å². The summed E-state index contributed by atoms with van der Waals surface area (Å²) >= 11 is 0. The third-order valence-corrected chi connectivity index (χ3v) is 3.60. The molecule has 1 saturated carbocycles. The van der Waals surface area contributed by atoms with Crippen molar-refractivity contribution in [2.45, 2.75) is 45.3 Å². The molecule has 1 aliphatic carbocycles. The molecule has 0 aromatic carbocycles. The topological polar surface area (TPSA) is 58.5 Å². The van der Waals surface area contributed by atoms with Crippen LogP contribution in [-0.4, -0.2) is 30.1 Å². The van der Waals surface area contributed by atoms with Crippen LogP contribution in [0.1, 0.15) is 38.2 Å². The van der Waals surface area contributed by atoms with E-state index >= 15 is 0 Å². The fraction of sp³-hybridized carbons (Fsp3) is 0.529. The van der Waals surface area contributed by atoms with Crippen LogP contribution in [0.5, 0.6) is 5.88 Å². The van der Waals surface area contributed by atoms with Crippen LogP contribution in [0.3, 0.4) is 0 Å². The number of guanidine groups is 1. The van der Waals surface area contributed by atoms with E-state index in [4.69, 9.17) is 4.74 Å². The van der Waals surface area contributed by atoms with Crippen molar-refractivity contribution in [1.82, 2.24) is 15.6 Å². The lowest BCUT2D eigenvalue weighted by atomic mass is 10.2. The van der Waals surface area contributed by atoms with E-state index in [2.05, 4.69) is 27.2 Å². The standard InChI is InChI=1S/C17H26N4O.HI/c1-3-11-20-17(18-4-2)21-13-14-8-7-12-19-16(14)22-15-9-5-6-10-15;/h3,7-8,12,15H,1,4-6,9-11,13H2,2H3,(H2,18,20,21);1H. The maximum Gasteiger partial charge on any atom is 0.218 e. The molecule has 1 aromatic rings. The van der Waals surface area contributed by atoms with Gasteiger partial charge in [0.05, 0.1) is 6.54 Å². The number of hydrogen-bond acceptors (Lipinski definition) is 3. The predicted molar refractivity (Wildman–Crippen MR) is 106 cm³/mol. The van der Waals surface area contributed by atoms with Gasteiger partial charge in [0.25, 0.3) is 0 Å². The molecule has 0 atom stereocenters. The Labute approximate surface area is 156 Å². The second kappa shape index (κ2) is 11.3. The monoisotopic (exact) mass is 430 g/mol.